The predicted octanol–water partition coefficient (Wildman–Crippen LogP) is 3.46. The van der Waals surface area contributed by atoms with E-state index in [2.05, 4.69) is 27.3 Å². The van der Waals surface area contributed by atoms with Crippen molar-refractivity contribution in [3.63, 3.8) is 0 Å². The van der Waals surface area contributed by atoms with Gasteiger partial charge < -0.3 is 15.8 Å². The molecule has 0 atom stereocenters. The number of nitrogen functional groups attached to an aromatic ring is 1. The number of hydrogen-bond donors (Lipinski definition) is 2. The van der Waals surface area contributed by atoms with Gasteiger partial charge in [-0.25, -0.2) is 0 Å². The molecule has 0 aliphatic rings. The van der Waals surface area contributed by atoms with Gasteiger partial charge in [-0.1, -0.05) is 0 Å². The van der Waals surface area contributed by atoms with Gasteiger partial charge in [0.05, 0.1) is 10.4 Å². The number of halogens is 1. The van der Waals surface area contributed by atoms with E-state index in [0.717, 1.165) is 10.2 Å². The van der Waals surface area contributed by atoms with Crippen LogP contribution in [0.4, 0.5) is 5.69 Å². The van der Waals surface area contributed by atoms with Crippen molar-refractivity contribution >= 4 is 38.9 Å². The monoisotopic (exact) mass is 368 g/mol. The molecule has 1 amide bonds. The first-order valence-corrected chi connectivity index (χ1v) is 8.25. The first-order valence-electron chi connectivity index (χ1n) is 6.64. The Labute approximate surface area is 136 Å². The second kappa shape index (κ2) is 7.47. The fourth-order valence-corrected chi connectivity index (χ4v) is 3.37. The van der Waals surface area contributed by atoms with Crippen molar-refractivity contribution in [2.75, 3.05) is 18.9 Å². The van der Waals surface area contributed by atoms with E-state index in [4.69, 9.17) is 10.5 Å². The Balaban J connectivity index is 1.93. The summed E-state index contributed by atoms with van der Waals surface area (Å²) in [5.74, 6) is 0.476. The van der Waals surface area contributed by atoms with Crippen LogP contribution in [-0.2, 0) is 6.42 Å². The summed E-state index contributed by atoms with van der Waals surface area (Å²) in [7, 11) is 0. The summed E-state index contributed by atoms with van der Waals surface area (Å²) in [5.41, 5.74) is 6.83. The summed E-state index contributed by atoms with van der Waals surface area (Å²) in [6, 6.07) is 9.13. The molecule has 0 saturated heterocycles. The third kappa shape index (κ3) is 4.75. The Morgan fingerprint density at radius 2 is 2.19 bits per heavy atom. The topological polar surface area (TPSA) is 64.3 Å². The molecule has 1 aromatic carbocycles. The molecule has 3 N–H and O–H groups in total. The Morgan fingerprint density at radius 3 is 2.86 bits per heavy atom. The standard InChI is InChI=1S/C15H17BrN2O2S/c1-2-20-12-8-10(7-11(17)9-12)15(19)18-6-5-13-3-4-14(16)21-13/h3-4,7-9H,2,5-6,17H2,1H3,(H,18,19). The highest BCUT2D eigenvalue weighted by Gasteiger charge is 2.08. The molecule has 112 valence electrons. The minimum atomic E-state index is -0.140. The highest BCUT2D eigenvalue weighted by Crippen LogP contribution is 2.22. The maximum absolute atomic E-state index is 12.1. The van der Waals surface area contributed by atoms with E-state index in [1.54, 1.807) is 29.5 Å². The number of carbonyl (C=O) groups is 1. The van der Waals surface area contributed by atoms with E-state index in [-0.39, 0.29) is 5.91 Å². The van der Waals surface area contributed by atoms with Crippen molar-refractivity contribution in [1.82, 2.24) is 5.32 Å². The SMILES string of the molecule is CCOc1cc(N)cc(C(=O)NCCc2ccc(Br)s2)c1. The summed E-state index contributed by atoms with van der Waals surface area (Å²) in [6.07, 6.45) is 0.808. The lowest BCUT2D eigenvalue weighted by molar-refractivity contribution is 0.0954. The van der Waals surface area contributed by atoms with Crippen molar-refractivity contribution in [2.24, 2.45) is 0 Å². The molecular weight excluding hydrogens is 352 g/mol. The first kappa shape index (κ1) is 15.9. The van der Waals surface area contributed by atoms with Crippen LogP contribution in [0, 0.1) is 0 Å². The molecule has 2 rings (SSSR count). The Hall–Kier alpha value is -1.53. The van der Waals surface area contributed by atoms with Crippen LogP contribution in [0.15, 0.2) is 34.1 Å². The molecule has 21 heavy (non-hydrogen) atoms. The number of ether oxygens (including phenoxy) is 1. The van der Waals surface area contributed by atoms with Gasteiger partial charge in [-0.15, -0.1) is 11.3 Å². The molecule has 0 radical (unpaired) electrons. The van der Waals surface area contributed by atoms with Gasteiger partial charge in [-0.2, -0.15) is 0 Å². The number of thiophene rings is 1. The Morgan fingerprint density at radius 1 is 1.38 bits per heavy atom. The van der Waals surface area contributed by atoms with E-state index >= 15 is 0 Å². The van der Waals surface area contributed by atoms with E-state index in [1.165, 1.54) is 4.88 Å². The number of benzene rings is 1. The third-order valence-corrected chi connectivity index (χ3v) is 4.47. The molecule has 4 nitrogen and oxygen atoms in total. The first-order chi connectivity index (χ1) is 10.1. The van der Waals surface area contributed by atoms with Crippen LogP contribution in [0.25, 0.3) is 0 Å². The van der Waals surface area contributed by atoms with E-state index in [1.807, 2.05) is 13.0 Å². The van der Waals surface area contributed by atoms with Gasteiger partial charge >= 0.3 is 0 Å². The summed E-state index contributed by atoms with van der Waals surface area (Å²) in [4.78, 5) is 13.3. The van der Waals surface area contributed by atoms with Gasteiger partial charge in [0.25, 0.3) is 5.91 Å². The van der Waals surface area contributed by atoms with Gasteiger partial charge in [0.15, 0.2) is 0 Å². The molecule has 0 spiro atoms. The van der Waals surface area contributed by atoms with Gasteiger partial charge in [0, 0.05) is 28.7 Å². The number of anilines is 1. The average Bonchev–Trinajstić information content (AvgIpc) is 2.84. The van der Waals surface area contributed by atoms with Crippen molar-refractivity contribution in [1.29, 1.82) is 0 Å². The van der Waals surface area contributed by atoms with Gasteiger partial charge in [-0.3, -0.25) is 4.79 Å². The molecule has 6 heteroatoms. The molecule has 2 aromatic rings. The van der Waals surface area contributed by atoms with Crippen LogP contribution in [0.3, 0.4) is 0 Å². The van der Waals surface area contributed by atoms with Crippen LogP contribution in [0.1, 0.15) is 22.2 Å². The average molecular weight is 369 g/mol. The number of nitrogens with one attached hydrogen (secondary N) is 1. The molecule has 1 heterocycles. The van der Waals surface area contributed by atoms with E-state index in [9.17, 15) is 4.79 Å². The maximum atomic E-state index is 12.1. The molecule has 1 aromatic heterocycles. The minimum absolute atomic E-state index is 0.140. The fraction of sp³-hybridized carbons (Fsp3) is 0.267. The predicted molar refractivity (Wildman–Crippen MR) is 90.1 cm³/mol. The van der Waals surface area contributed by atoms with E-state index in [0.29, 0.717) is 30.2 Å². The summed E-state index contributed by atoms with van der Waals surface area (Å²) < 4.78 is 6.49. The third-order valence-electron chi connectivity index (χ3n) is 2.79. The maximum Gasteiger partial charge on any atom is 0.251 e. The van der Waals surface area contributed by atoms with Crippen LogP contribution in [0.2, 0.25) is 0 Å². The largest absolute Gasteiger partial charge is 0.494 e. The zero-order valence-corrected chi connectivity index (χ0v) is 14.1. The lowest BCUT2D eigenvalue weighted by Crippen LogP contribution is -2.25. The lowest BCUT2D eigenvalue weighted by Gasteiger charge is -2.08. The fourth-order valence-electron chi connectivity index (χ4n) is 1.89. The number of carbonyl (C=O) groups excluding carboxylic acids is 1. The van der Waals surface area contributed by atoms with E-state index < -0.39 is 0 Å². The summed E-state index contributed by atoms with van der Waals surface area (Å²) >= 11 is 5.10. The second-order valence-corrected chi connectivity index (χ2v) is 6.98. The molecule has 0 aliphatic heterocycles. The van der Waals surface area contributed by atoms with Crippen molar-refractivity contribution in [3.8, 4) is 5.75 Å². The van der Waals surface area contributed by atoms with Crippen LogP contribution in [0.5, 0.6) is 5.75 Å². The minimum Gasteiger partial charge on any atom is -0.494 e. The summed E-state index contributed by atoms with van der Waals surface area (Å²) in [6.45, 7) is 3.02. The van der Waals surface area contributed by atoms with Gasteiger partial charge in [-0.05, 0) is 53.5 Å². The molecule has 0 saturated carbocycles. The number of rotatable bonds is 6. The van der Waals surface area contributed by atoms with Crippen molar-refractivity contribution in [3.05, 3.63) is 44.6 Å². The van der Waals surface area contributed by atoms with Crippen LogP contribution in [-0.4, -0.2) is 19.1 Å². The zero-order valence-electron chi connectivity index (χ0n) is 11.7. The highest BCUT2D eigenvalue weighted by molar-refractivity contribution is 9.11. The number of nitrogens with two attached hydrogens (primary N) is 1. The Bertz CT molecular complexity index is 628. The summed E-state index contributed by atoms with van der Waals surface area (Å²) in [5, 5.41) is 2.89. The molecule has 0 aliphatic carbocycles. The van der Waals surface area contributed by atoms with Crippen LogP contribution >= 0.6 is 27.3 Å². The quantitative estimate of drug-likeness (QED) is 0.767. The smallest absolute Gasteiger partial charge is 0.251 e. The lowest BCUT2D eigenvalue weighted by atomic mass is 10.1. The Kier molecular flexibility index (Phi) is 5.64. The van der Waals surface area contributed by atoms with Crippen LogP contribution < -0.4 is 15.8 Å². The van der Waals surface area contributed by atoms with Gasteiger partial charge in [0.1, 0.15) is 5.75 Å². The second-order valence-electron chi connectivity index (χ2n) is 4.44. The molecular formula is C15H17BrN2O2S. The molecule has 0 unspecified atom stereocenters. The van der Waals surface area contributed by atoms with Crippen molar-refractivity contribution in [2.45, 2.75) is 13.3 Å². The normalized spacial score (nSPS) is 10.4. The van der Waals surface area contributed by atoms with Gasteiger partial charge in [0.2, 0.25) is 0 Å². The molecule has 0 bridgehead atoms. The highest BCUT2D eigenvalue weighted by atomic mass is 79.9. The van der Waals surface area contributed by atoms with Crippen molar-refractivity contribution < 1.29 is 9.53 Å². The number of hydrogen-bond acceptors (Lipinski definition) is 4. The molecule has 0 fully saturated rings. The number of amides is 1. The zero-order chi connectivity index (χ0) is 15.2.